The van der Waals surface area contributed by atoms with Gasteiger partial charge in [0.2, 0.25) is 0 Å². The lowest BCUT2D eigenvalue weighted by Gasteiger charge is -1.96. The van der Waals surface area contributed by atoms with Gasteiger partial charge in [-0.05, 0) is 25.5 Å². The van der Waals surface area contributed by atoms with Crippen LogP contribution in [0.3, 0.4) is 0 Å². The van der Waals surface area contributed by atoms with Crippen molar-refractivity contribution in [3.05, 3.63) is 23.8 Å². The molecule has 0 unspecified atom stereocenters. The van der Waals surface area contributed by atoms with Crippen LogP contribution >= 0.6 is 0 Å². The zero-order chi connectivity index (χ0) is 12.9. The van der Waals surface area contributed by atoms with Crippen molar-refractivity contribution in [3.63, 3.8) is 0 Å². The normalized spacial score (nSPS) is 10.2. The number of methoxy groups -OCH3 is 1. The van der Waals surface area contributed by atoms with E-state index in [-0.39, 0.29) is 12.6 Å². The van der Waals surface area contributed by atoms with Gasteiger partial charge in [0.1, 0.15) is 6.61 Å². The molecule has 1 N–H and O–H groups in total. The standard InChI is InChI=1S/C14H16O3/c1-13(14(16)17-2)11-9-7-5-3-4-6-8-10-12-15/h4,6,11,15H,7,9,12H2,1-2H3/b6-4-,13-11+. The molecule has 0 aromatic carbocycles. The number of rotatable bonds is 3. The number of carbonyl (C=O) groups is 1. The Morgan fingerprint density at radius 1 is 1.29 bits per heavy atom. The molecule has 0 aliphatic rings. The van der Waals surface area contributed by atoms with Crippen molar-refractivity contribution in [2.24, 2.45) is 0 Å². The molecule has 0 fully saturated rings. The predicted molar refractivity (Wildman–Crippen MR) is 66.8 cm³/mol. The fraction of sp³-hybridized carbons (Fsp3) is 0.357. The van der Waals surface area contributed by atoms with Crippen LogP contribution in [0.1, 0.15) is 19.8 Å². The van der Waals surface area contributed by atoms with Crippen LogP contribution in [0.4, 0.5) is 0 Å². The van der Waals surface area contributed by atoms with Gasteiger partial charge in [0.25, 0.3) is 0 Å². The van der Waals surface area contributed by atoms with Gasteiger partial charge in [-0.2, -0.15) is 0 Å². The Bertz CT molecular complexity index is 408. The molecule has 0 aromatic rings. The molecule has 0 saturated heterocycles. The number of esters is 1. The minimum absolute atomic E-state index is 0.143. The summed E-state index contributed by atoms with van der Waals surface area (Å²) in [4.78, 5) is 11.0. The molecule has 3 heteroatoms. The average Bonchev–Trinajstić information content (AvgIpc) is 2.35. The van der Waals surface area contributed by atoms with Gasteiger partial charge in [-0.3, -0.25) is 0 Å². The van der Waals surface area contributed by atoms with Crippen LogP contribution in [-0.4, -0.2) is 24.8 Å². The van der Waals surface area contributed by atoms with Crippen molar-refractivity contribution in [2.45, 2.75) is 19.8 Å². The highest BCUT2D eigenvalue weighted by Crippen LogP contribution is 1.99. The van der Waals surface area contributed by atoms with Gasteiger partial charge in [-0.25, -0.2) is 4.79 Å². The predicted octanol–water partition coefficient (Wildman–Crippen LogP) is 1.44. The van der Waals surface area contributed by atoms with Crippen LogP contribution in [0.25, 0.3) is 0 Å². The Morgan fingerprint density at radius 3 is 2.53 bits per heavy atom. The molecule has 0 amide bonds. The Hall–Kier alpha value is -1.97. The van der Waals surface area contributed by atoms with Gasteiger partial charge in [-0.1, -0.05) is 29.8 Å². The zero-order valence-electron chi connectivity index (χ0n) is 10.1. The summed E-state index contributed by atoms with van der Waals surface area (Å²) < 4.78 is 4.56. The van der Waals surface area contributed by atoms with Gasteiger partial charge < -0.3 is 9.84 Å². The second kappa shape index (κ2) is 10.5. The van der Waals surface area contributed by atoms with Crippen molar-refractivity contribution >= 4 is 5.97 Å². The number of hydrogen-bond acceptors (Lipinski definition) is 3. The van der Waals surface area contributed by atoms with Crippen LogP contribution in [0, 0.1) is 23.7 Å². The smallest absolute Gasteiger partial charge is 0.333 e. The Balaban J connectivity index is 3.89. The van der Waals surface area contributed by atoms with E-state index in [1.54, 1.807) is 25.2 Å². The molecule has 0 aliphatic carbocycles. The molecule has 0 atom stereocenters. The third kappa shape index (κ3) is 8.99. The average molecular weight is 232 g/mol. The van der Waals surface area contributed by atoms with E-state index in [4.69, 9.17) is 5.11 Å². The lowest BCUT2D eigenvalue weighted by molar-refractivity contribution is -0.136. The van der Waals surface area contributed by atoms with Gasteiger partial charge in [-0.15, -0.1) is 0 Å². The molecule has 17 heavy (non-hydrogen) atoms. The number of carbonyl (C=O) groups excluding carboxylic acids is 1. The molecule has 0 rings (SSSR count). The molecule has 90 valence electrons. The van der Waals surface area contributed by atoms with Crippen LogP contribution in [0.15, 0.2) is 23.8 Å². The van der Waals surface area contributed by atoms with Crippen molar-refractivity contribution in [1.82, 2.24) is 0 Å². The molecule has 0 bridgehead atoms. The van der Waals surface area contributed by atoms with Gasteiger partial charge in [0, 0.05) is 12.0 Å². The summed E-state index contributed by atoms with van der Waals surface area (Å²) in [5.41, 5.74) is 0.596. The van der Waals surface area contributed by atoms with E-state index >= 15 is 0 Å². The first-order valence-electron chi connectivity index (χ1n) is 5.20. The van der Waals surface area contributed by atoms with Crippen molar-refractivity contribution in [3.8, 4) is 23.7 Å². The third-order valence-electron chi connectivity index (χ3n) is 1.76. The third-order valence-corrected chi connectivity index (χ3v) is 1.76. The van der Waals surface area contributed by atoms with Crippen LogP contribution in [-0.2, 0) is 9.53 Å². The zero-order valence-corrected chi connectivity index (χ0v) is 10.1. The van der Waals surface area contributed by atoms with Crippen LogP contribution < -0.4 is 0 Å². The topological polar surface area (TPSA) is 46.5 Å². The summed E-state index contributed by atoms with van der Waals surface area (Å²) in [6, 6.07) is 0. The number of hydrogen-bond donors (Lipinski definition) is 1. The number of unbranched alkanes of at least 4 members (excludes halogenated alkanes) is 1. The fourth-order valence-corrected chi connectivity index (χ4v) is 0.924. The number of allylic oxidation sites excluding steroid dienone is 3. The second-order valence-electron chi connectivity index (χ2n) is 3.05. The summed E-state index contributed by atoms with van der Waals surface area (Å²) in [6.45, 7) is 1.57. The summed E-state index contributed by atoms with van der Waals surface area (Å²) in [5, 5.41) is 8.37. The van der Waals surface area contributed by atoms with E-state index < -0.39 is 0 Å². The quantitative estimate of drug-likeness (QED) is 0.346. The molecule has 0 aromatic heterocycles. The largest absolute Gasteiger partial charge is 0.466 e. The first kappa shape index (κ1) is 15.0. The SMILES string of the molecule is COC(=O)/C(C)=C/CCC#C/C=C\C#CCO. The van der Waals surface area contributed by atoms with E-state index in [1.807, 2.05) is 0 Å². The maximum atomic E-state index is 11.0. The summed E-state index contributed by atoms with van der Waals surface area (Å²) >= 11 is 0. The van der Waals surface area contributed by atoms with Crippen molar-refractivity contribution < 1.29 is 14.6 Å². The van der Waals surface area contributed by atoms with E-state index in [2.05, 4.69) is 28.4 Å². The Labute approximate surface area is 102 Å². The van der Waals surface area contributed by atoms with E-state index in [1.165, 1.54) is 7.11 Å². The van der Waals surface area contributed by atoms with Crippen molar-refractivity contribution in [2.75, 3.05) is 13.7 Å². The van der Waals surface area contributed by atoms with Gasteiger partial charge >= 0.3 is 5.97 Å². The Morgan fingerprint density at radius 2 is 1.94 bits per heavy atom. The molecule has 0 heterocycles. The van der Waals surface area contributed by atoms with E-state index in [9.17, 15) is 4.79 Å². The highest BCUT2D eigenvalue weighted by atomic mass is 16.5. The number of ether oxygens (including phenoxy) is 1. The molecule has 0 spiro atoms. The van der Waals surface area contributed by atoms with E-state index in [0.717, 1.165) is 0 Å². The summed E-state index contributed by atoms with van der Waals surface area (Å²) in [5.74, 6) is 10.5. The molecule has 3 nitrogen and oxygen atoms in total. The monoisotopic (exact) mass is 232 g/mol. The molecular formula is C14H16O3. The molecule has 0 aliphatic heterocycles. The first-order valence-corrected chi connectivity index (χ1v) is 5.20. The van der Waals surface area contributed by atoms with Gasteiger partial charge in [0.15, 0.2) is 0 Å². The second-order valence-corrected chi connectivity index (χ2v) is 3.05. The highest BCUT2D eigenvalue weighted by molar-refractivity contribution is 5.87. The van der Waals surface area contributed by atoms with Crippen molar-refractivity contribution in [1.29, 1.82) is 0 Å². The van der Waals surface area contributed by atoms with E-state index in [0.29, 0.717) is 18.4 Å². The number of aliphatic hydroxyl groups is 1. The summed E-state index contributed by atoms with van der Waals surface area (Å²) in [6.07, 6.45) is 6.39. The number of aliphatic hydroxyl groups excluding tert-OH is 1. The first-order chi connectivity index (χ1) is 8.22. The maximum Gasteiger partial charge on any atom is 0.333 e. The van der Waals surface area contributed by atoms with Crippen LogP contribution in [0.5, 0.6) is 0 Å². The molecule has 0 radical (unpaired) electrons. The maximum absolute atomic E-state index is 11.0. The molecule has 0 saturated carbocycles. The lowest BCUT2D eigenvalue weighted by atomic mass is 10.2. The fourth-order valence-electron chi connectivity index (χ4n) is 0.924. The summed E-state index contributed by atoms with van der Waals surface area (Å²) in [7, 11) is 1.36. The highest BCUT2D eigenvalue weighted by Gasteiger charge is 2.00. The Kier molecular flexibility index (Phi) is 9.32. The van der Waals surface area contributed by atoms with Crippen LogP contribution in [0.2, 0.25) is 0 Å². The molecular weight excluding hydrogens is 216 g/mol. The minimum Gasteiger partial charge on any atom is -0.466 e. The minimum atomic E-state index is -0.308. The van der Waals surface area contributed by atoms with Gasteiger partial charge in [0.05, 0.1) is 7.11 Å². The lowest BCUT2D eigenvalue weighted by Crippen LogP contribution is -2.00.